The van der Waals surface area contributed by atoms with Crippen molar-refractivity contribution in [2.24, 2.45) is 0 Å². The molecule has 1 N–H and O–H groups in total. The minimum absolute atomic E-state index is 0.516. The summed E-state index contributed by atoms with van der Waals surface area (Å²) in [6, 6.07) is 9.43. The minimum atomic E-state index is -4.44. The van der Waals surface area contributed by atoms with Gasteiger partial charge >= 0.3 is 6.18 Å². The average molecular weight is 304 g/mol. The highest BCUT2D eigenvalue weighted by Crippen LogP contribution is 2.29. The Labute approximate surface area is 124 Å². The molecule has 0 bridgehead atoms. The predicted octanol–water partition coefficient (Wildman–Crippen LogP) is 3.86. The van der Waals surface area contributed by atoms with Gasteiger partial charge in [-0.15, -0.1) is 0 Å². The van der Waals surface area contributed by atoms with Crippen LogP contribution in [-0.2, 0) is 6.18 Å². The van der Waals surface area contributed by atoms with Crippen LogP contribution >= 0.6 is 0 Å². The van der Waals surface area contributed by atoms with E-state index in [2.05, 4.69) is 20.2 Å². The molecule has 0 aliphatic rings. The summed E-state index contributed by atoms with van der Waals surface area (Å²) in [6.07, 6.45) is -3.27. The molecule has 22 heavy (non-hydrogen) atoms. The molecular formula is C15H11F3N4. The molecule has 0 amide bonds. The topological polar surface area (TPSA) is 54.5 Å². The molecule has 0 aromatic carbocycles. The molecule has 0 aliphatic carbocycles. The SMILES string of the molecule is Cc1cc(-c2cccc(-c3ccc(C(F)(F)F)nc3)n2)n[nH]1. The van der Waals surface area contributed by atoms with E-state index in [0.717, 1.165) is 11.8 Å². The Morgan fingerprint density at radius 2 is 1.77 bits per heavy atom. The fourth-order valence-electron chi connectivity index (χ4n) is 2.00. The Morgan fingerprint density at radius 1 is 1.00 bits per heavy atom. The van der Waals surface area contributed by atoms with Gasteiger partial charge in [0, 0.05) is 17.5 Å². The monoisotopic (exact) mass is 304 g/mol. The van der Waals surface area contributed by atoms with Gasteiger partial charge in [-0.3, -0.25) is 10.1 Å². The Bertz CT molecular complexity index is 791. The zero-order valence-corrected chi connectivity index (χ0v) is 11.5. The summed E-state index contributed by atoms with van der Waals surface area (Å²) >= 11 is 0. The summed E-state index contributed by atoms with van der Waals surface area (Å²) < 4.78 is 37.6. The highest BCUT2D eigenvalue weighted by atomic mass is 19.4. The van der Waals surface area contributed by atoms with Crippen LogP contribution in [-0.4, -0.2) is 20.2 Å². The molecule has 112 valence electrons. The highest BCUT2D eigenvalue weighted by molar-refractivity contribution is 5.63. The van der Waals surface area contributed by atoms with Crippen LogP contribution in [0.1, 0.15) is 11.4 Å². The Morgan fingerprint density at radius 3 is 2.36 bits per heavy atom. The van der Waals surface area contributed by atoms with E-state index in [0.29, 0.717) is 22.6 Å². The molecule has 3 aromatic heterocycles. The van der Waals surface area contributed by atoms with E-state index >= 15 is 0 Å². The third kappa shape index (κ3) is 2.83. The van der Waals surface area contributed by atoms with Gasteiger partial charge in [-0.1, -0.05) is 6.07 Å². The zero-order chi connectivity index (χ0) is 15.7. The van der Waals surface area contributed by atoms with E-state index in [1.165, 1.54) is 12.3 Å². The number of nitrogens with one attached hydrogen (secondary N) is 1. The van der Waals surface area contributed by atoms with Crippen LogP contribution in [0.2, 0.25) is 0 Å². The van der Waals surface area contributed by atoms with Crippen molar-refractivity contribution in [3.8, 4) is 22.6 Å². The van der Waals surface area contributed by atoms with Gasteiger partial charge in [0.25, 0.3) is 0 Å². The first kappa shape index (κ1) is 14.2. The van der Waals surface area contributed by atoms with E-state index < -0.39 is 11.9 Å². The number of aromatic amines is 1. The van der Waals surface area contributed by atoms with Crippen LogP contribution in [0.3, 0.4) is 0 Å². The second kappa shape index (κ2) is 5.25. The maximum absolute atomic E-state index is 12.5. The molecule has 7 heteroatoms. The van der Waals surface area contributed by atoms with Gasteiger partial charge in [0.05, 0.1) is 11.4 Å². The lowest BCUT2D eigenvalue weighted by Crippen LogP contribution is -2.07. The first-order valence-electron chi connectivity index (χ1n) is 6.46. The normalized spacial score (nSPS) is 11.6. The summed E-state index contributed by atoms with van der Waals surface area (Å²) in [6.45, 7) is 1.88. The zero-order valence-electron chi connectivity index (χ0n) is 11.5. The summed E-state index contributed by atoms with van der Waals surface area (Å²) in [5.41, 5.74) is 2.36. The van der Waals surface area contributed by atoms with E-state index in [9.17, 15) is 13.2 Å². The second-order valence-corrected chi connectivity index (χ2v) is 4.77. The Balaban J connectivity index is 1.95. The van der Waals surface area contributed by atoms with Crippen molar-refractivity contribution in [3.63, 3.8) is 0 Å². The van der Waals surface area contributed by atoms with Gasteiger partial charge in [0.1, 0.15) is 11.4 Å². The quantitative estimate of drug-likeness (QED) is 0.782. The van der Waals surface area contributed by atoms with Crippen LogP contribution in [0.5, 0.6) is 0 Å². The number of H-pyrrole nitrogens is 1. The van der Waals surface area contributed by atoms with Crippen LogP contribution in [0.15, 0.2) is 42.6 Å². The average Bonchev–Trinajstić information content (AvgIpc) is 2.93. The second-order valence-electron chi connectivity index (χ2n) is 4.77. The molecule has 0 radical (unpaired) electrons. The molecule has 3 heterocycles. The Hall–Kier alpha value is -2.70. The molecular weight excluding hydrogens is 293 g/mol. The van der Waals surface area contributed by atoms with Crippen molar-refractivity contribution in [1.82, 2.24) is 20.2 Å². The lowest BCUT2D eigenvalue weighted by Gasteiger charge is -2.07. The van der Waals surface area contributed by atoms with Gasteiger partial charge in [0.15, 0.2) is 0 Å². The van der Waals surface area contributed by atoms with Crippen LogP contribution < -0.4 is 0 Å². The lowest BCUT2D eigenvalue weighted by molar-refractivity contribution is -0.141. The number of alkyl halides is 3. The van der Waals surface area contributed by atoms with Gasteiger partial charge in [-0.2, -0.15) is 18.3 Å². The van der Waals surface area contributed by atoms with E-state index in [1.807, 2.05) is 13.0 Å². The molecule has 0 saturated carbocycles. The molecule has 0 fully saturated rings. The predicted molar refractivity (Wildman–Crippen MR) is 74.8 cm³/mol. The van der Waals surface area contributed by atoms with Gasteiger partial charge < -0.3 is 0 Å². The van der Waals surface area contributed by atoms with Gasteiger partial charge in [-0.05, 0) is 37.3 Å². The van der Waals surface area contributed by atoms with E-state index in [-0.39, 0.29) is 0 Å². The third-order valence-electron chi connectivity index (χ3n) is 3.07. The third-order valence-corrected chi connectivity index (χ3v) is 3.07. The molecule has 0 spiro atoms. The number of hydrogen-bond donors (Lipinski definition) is 1. The maximum atomic E-state index is 12.5. The molecule has 0 saturated heterocycles. The van der Waals surface area contributed by atoms with E-state index in [1.54, 1.807) is 18.2 Å². The van der Waals surface area contributed by atoms with Crippen molar-refractivity contribution in [2.75, 3.05) is 0 Å². The van der Waals surface area contributed by atoms with Crippen LogP contribution in [0.4, 0.5) is 13.2 Å². The summed E-state index contributed by atoms with van der Waals surface area (Å²) in [7, 11) is 0. The van der Waals surface area contributed by atoms with Crippen molar-refractivity contribution in [1.29, 1.82) is 0 Å². The number of nitrogens with zero attached hydrogens (tertiary/aromatic N) is 3. The molecule has 4 nitrogen and oxygen atoms in total. The number of aryl methyl sites for hydroxylation is 1. The maximum Gasteiger partial charge on any atom is 0.433 e. The number of pyridine rings is 2. The number of aromatic nitrogens is 4. The van der Waals surface area contributed by atoms with Crippen LogP contribution in [0, 0.1) is 6.92 Å². The summed E-state index contributed by atoms with van der Waals surface area (Å²) in [5, 5.41) is 6.94. The smallest absolute Gasteiger partial charge is 0.282 e. The molecule has 0 aliphatic heterocycles. The first-order valence-corrected chi connectivity index (χ1v) is 6.46. The van der Waals surface area contributed by atoms with Crippen LogP contribution in [0.25, 0.3) is 22.6 Å². The minimum Gasteiger partial charge on any atom is -0.282 e. The Kier molecular flexibility index (Phi) is 3.40. The van der Waals surface area contributed by atoms with Gasteiger partial charge in [-0.25, -0.2) is 4.98 Å². The van der Waals surface area contributed by atoms with Crippen molar-refractivity contribution in [3.05, 3.63) is 54.0 Å². The number of rotatable bonds is 2. The number of halogens is 3. The first-order chi connectivity index (χ1) is 10.4. The fourth-order valence-corrected chi connectivity index (χ4v) is 2.00. The van der Waals surface area contributed by atoms with Crippen molar-refractivity contribution in [2.45, 2.75) is 13.1 Å². The van der Waals surface area contributed by atoms with Gasteiger partial charge in [0.2, 0.25) is 0 Å². The summed E-state index contributed by atoms with van der Waals surface area (Å²) in [5.74, 6) is 0. The standard InChI is InChI=1S/C15H11F3N4/c1-9-7-13(22-21-9)12-4-2-3-11(20-12)10-5-6-14(19-8-10)15(16,17)18/h2-8H,1H3,(H,21,22). The molecule has 3 rings (SSSR count). The lowest BCUT2D eigenvalue weighted by atomic mass is 10.1. The highest BCUT2D eigenvalue weighted by Gasteiger charge is 2.32. The molecule has 0 atom stereocenters. The van der Waals surface area contributed by atoms with E-state index in [4.69, 9.17) is 0 Å². The van der Waals surface area contributed by atoms with Crippen molar-refractivity contribution >= 4 is 0 Å². The molecule has 3 aromatic rings. The van der Waals surface area contributed by atoms with Crippen molar-refractivity contribution < 1.29 is 13.2 Å². The fraction of sp³-hybridized carbons (Fsp3) is 0.133. The largest absolute Gasteiger partial charge is 0.433 e. The number of hydrogen-bond acceptors (Lipinski definition) is 3. The summed E-state index contributed by atoms with van der Waals surface area (Å²) in [4.78, 5) is 7.86. The molecule has 0 unspecified atom stereocenters.